The van der Waals surface area contributed by atoms with Gasteiger partial charge in [-0.2, -0.15) is 0 Å². The summed E-state index contributed by atoms with van der Waals surface area (Å²) < 4.78 is 0. The Morgan fingerprint density at radius 1 is 1.14 bits per heavy atom. The Morgan fingerprint density at radius 3 is 2.50 bits per heavy atom. The second-order valence-electron chi connectivity index (χ2n) is 5.00. The van der Waals surface area contributed by atoms with Gasteiger partial charge >= 0.3 is 0 Å². The lowest BCUT2D eigenvalue weighted by atomic mass is 9.76. The Morgan fingerprint density at radius 2 is 1.86 bits per heavy atom. The van der Waals surface area contributed by atoms with Gasteiger partial charge in [-0.25, -0.2) is 0 Å². The molecule has 0 radical (unpaired) electrons. The van der Waals surface area contributed by atoms with Gasteiger partial charge in [0.1, 0.15) is 5.78 Å². The van der Waals surface area contributed by atoms with Crippen LogP contribution in [0.15, 0.2) is 0 Å². The molecule has 2 N–H and O–H groups in total. The van der Waals surface area contributed by atoms with E-state index < -0.39 is 0 Å². The molecule has 0 heterocycles. The summed E-state index contributed by atoms with van der Waals surface area (Å²) >= 11 is 0. The normalized spacial score (nSPS) is 32.9. The maximum atomic E-state index is 12.0. The zero-order chi connectivity index (χ0) is 9.97. The average Bonchev–Trinajstić information content (AvgIpc) is 3.01. The third-order valence-electron chi connectivity index (χ3n) is 3.81. The maximum Gasteiger partial charge on any atom is 0.136 e. The molecule has 80 valence electrons. The van der Waals surface area contributed by atoms with Crippen molar-refractivity contribution in [2.45, 2.75) is 44.9 Å². The average molecular weight is 195 g/mol. The lowest BCUT2D eigenvalue weighted by Gasteiger charge is -2.29. The van der Waals surface area contributed by atoms with Gasteiger partial charge in [-0.3, -0.25) is 4.79 Å². The summed E-state index contributed by atoms with van der Waals surface area (Å²) in [5.74, 6) is 2.06. The second kappa shape index (κ2) is 4.43. The van der Waals surface area contributed by atoms with Crippen LogP contribution >= 0.6 is 0 Å². The minimum absolute atomic E-state index is 0.314. The molecule has 0 aromatic carbocycles. The molecule has 2 aliphatic carbocycles. The highest BCUT2D eigenvalue weighted by Crippen LogP contribution is 2.37. The molecule has 0 amide bonds. The highest BCUT2D eigenvalue weighted by atomic mass is 16.1. The fraction of sp³-hybridized carbons (Fsp3) is 0.917. The molecule has 0 aliphatic heterocycles. The van der Waals surface area contributed by atoms with Crippen LogP contribution in [0.3, 0.4) is 0 Å². The summed E-state index contributed by atoms with van der Waals surface area (Å²) in [5, 5.41) is 0. The minimum Gasteiger partial charge on any atom is -0.330 e. The Labute approximate surface area is 86.2 Å². The van der Waals surface area contributed by atoms with E-state index in [0.29, 0.717) is 24.2 Å². The summed E-state index contributed by atoms with van der Waals surface area (Å²) in [6, 6.07) is 0. The third-order valence-corrected chi connectivity index (χ3v) is 3.81. The molecule has 0 spiro atoms. The van der Waals surface area contributed by atoms with Gasteiger partial charge in [0.2, 0.25) is 0 Å². The minimum atomic E-state index is 0.314. The highest BCUT2D eigenvalue weighted by molar-refractivity contribution is 5.81. The maximum absolute atomic E-state index is 12.0. The lowest BCUT2D eigenvalue weighted by Crippen LogP contribution is -2.32. The van der Waals surface area contributed by atoms with Crippen LogP contribution in [-0.4, -0.2) is 12.3 Å². The van der Waals surface area contributed by atoms with E-state index in [1.54, 1.807) is 0 Å². The van der Waals surface area contributed by atoms with Crippen molar-refractivity contribution in [3.05, 3.63) is 0 Å². The molecule has 2 unspecified atom stereocenters. The van der Waals surface area contributed by atoms with Gasteiger partial charge < -0.3 is 5.73 Å². The predicted octanol–water partition coefficient (Wildman–Crippen LogP) is 2.12. The van der Waals surface area contributed by atoms with Gasteiger partial charge in [-0.15, -0.1) is 0 Å². The Bertz CT molecular complexity index is 210. The van der Waals surface area contributed by atoms with E-state index in [-0.39, 0.29) is 0 Å². The van der Waals surface area contributed by atoms with E-state index in [1.165, 1.54) is 32.1 Å². The second-order valence-corrected chi connectivity index (χ2v) is 5.00. The van der Waals surface area contributed by atoms with Crippen molar-refractivity contribution in [2.24, 2.45) is 23.5 Å². The Kier molecular flexibility index (Phi) is 3.22. The number of ketones is 1. The van der Waals surface area contributed by atoms with Crippen molar-refractivity contribution >= 4 is 5.78 Å². The predicted molar refractivity (Wildman–Crippen MR) is 56.9 cm³/mol. The first-order valence-electron chi connectivity index (χ1n) is 6.04. The Balaban J connectivity index is 1.87. The van der Waals surface area contributed by atoms with Crippen molar-refractivity contribution in [1.29, 1.82) is 0 Å². The van der Waals surface area contributed by atoms with Gasteiger partial charge in [0.15, 0.2) is 0 Å². The van der Waals surface area contributed by atoms with Crippen LogP contribution in [0.2, 0.25) is 0 Å². The van der Waals surface area contributed by atoms with E-state index in [2.05, 4.69) is 0 Å². The monoisotopic (exact) mass is 195 g/mol. The summed E-state index contributed by atoms with van der Waals surface area (Å²) in [6.45, 7) is 0.709. The number of Topliss-reactive ketones (excluding diaryl/α,β-unsaturated/α-hetero) is 1. The van der Waals surface area contributed by atoms with Crippen LogP contribution in [0.4, 0.5) is 0 Å². The fourth-order valence-corrected chi connectivity index (χ4v) is 2.67. The van der Waals surface area contributed by atoms with Crippen LogP contribution in [0.1, 0.15) is 44.9 Å². The molecule has 0 aromatic heterocycles. The zero-order valence-electron chi connectivity index (χ0n) is 8.87. The van der Waals surface area contributed by atoms with Crippen molar-refractivity contribution in [3.63, 3.8) is 0 Å². The molecule has 2 nitrogen and oxygen atoms in total. The van der Waals surface area contributed by atoms with Gasteiger partial charge in [0.05, 0.1) is 0 Å². The van der Waals surface area contributed by atoms with Crippen LogP contribution in [0.5, 0.6) is 0 Å². The third kappa shape index (κ3) is 2.35. The molecule has 2 heteroatoms. The van der Waals surface area contributed by atoms with Crippen molar-refractivity contribution in [1.82, 2.24) is 0 Å². The van der Waals surface area contributed by atoms with E-state index in [4.69, 9.17) is 5.73 Å². The van der Waals surface area contributed by atoms with Crippen molar-refractivity contribution in [3.8, 4) is 0 Å². The molecule has 0 bridgehead atoms. The van der Waals surface area contributed by atoms with Crippen LogP contribution < -0.4 is 5.73 Å². The molecule has 2 atom stereocenters. The summed E-state index contributed by atoms with van der Waals surface area (Å²) in [4.78, 5) is 12.0. The molecule has 14 heavy (non-hydrogen) atoms. The Hall–Kier alpha value is -0.370. The molecule has 0 saturated heterocycles. The number of hydrogen-bond donors (Lipinski definition) is 1. The van der Waals surface area contributed by atoms with Gasteiger partial charge in [-0.05, 0) is 44.1 Å². The van der Waals surface area contributed by atoms with E-state index in [9.17, 15) is 4.79 Å². The SMILES string of the molecule is NCC1CCCCC1C(=O)CC1CC1. The zero-order valence-corrected chi connectivity index (χ0v) is 8.87. The van der Waals surface area contributed by atoms with Gasteiger partial charge in [0, 0.05) is 12.3 Å². The number of rotatable bonds is 4. The number of nitrogens with two attached hydrogens (primary N) is 1. The number of carbonyl (C=O) groups excluding carboxylic acids is 1. The number of carbonyl (C=O) groups is 1. The first kappa shape index (κ1) is 10.2. The van der Waals surface area contributed by atoms with Crippen LogP contribution in [0.25, 0.3) is 0 Å². The largest absolute Gasteiger partial charge is 0.330 e. The molecule has 0 aromatic rings. The first-order chi connectivity index (χ1) is 6.81. The van der Waals surface area contributed by atoms with Crippen molar-refractivity contribution < 1.29 is 4.79 Å². The highest BCUT2D eigenvalue weighted by Gasteiger charge is 2.33. The quantitative estimate of drug-likeness (QED) is 0.746. The van der Waals surface area contributed by atoms with Gasteiger partial charge in [0.25, 0.3) is 0 Å². The lowest BCUT2D eigenvalue weighted by molar-refractivity contribution is -0.125. The van der Waals surface area contributed by atoms with E-state index >= 15 is 0 Å². The standard InChI is InChI=1S/C12H21NO/c13-8-10-3-1-2-4-11(10)12(14)7-9-5-6-9/h9-11H,1-8,13H2. The molecule has 2 saturated carbocycles. The number of hydrogen-bond acceptors (Lipinski definition) is 2. The summed E-state index contributed by atoms with van der Waals surface area (Å²) in [6.07, 6.45) is 8.20. The van der Waals surface area contributed by atoms with Crippen LogP contribution in [-0.2, 0) is 4.79 Å². The first-order valence-corrected chi connectivity index (χ1v) is 6.04. The smallest absolute Gasteiger partial charge is 0.136 e. The molecular formula is C12H21NO. The summed E-state index contributed by atoms with van der Waals surface area (Å²) in [5.41, 5.74) is 5.73. The summed E-state index contributed by atoms with van der Waals surface area (Å²) in [7, 11) is 0. The molecular weight excluding hydrogens is 174 g/mol. The fourth-order valence-electron chi connectivity index (χ4n) is 2.67. The van der Waals surface area contributed by atoms with Crippen LogP contribution in [0, 0.1) is 17.8 Å². The van der Waals surface area contributed by atoms with E-state index in [0.717, 1.165) is 18.8 Å². The van der Waals surface area contributed by atoms with E-state index in [1.807, 2.05) is 0 Å². The molecule has 2 aliphatic rings. The van der Waals surface area contributed by atoms with Crippen molar-refractivity contribution in [2.75, 3.05) is 6.54 Å². The topological polar surface area (TPSA) is 43.1 Å². The van der Waals surface area contributed by atoms with Gasteiger partial charge in [-0.1, -0.05) is 12.8 Å². The molecule has 2 fully saturated rings. The molecule has 2 rings (SSSR count).